The fraction of sp³-hybridized carbons (Fsp3) is 0.795. The number of esters is 1. The topological polar surface area (TPSA) is 131 Å². The number of aliphatic hydroxyl groups is 1. The Kier molecular flexibility index (Phi) is 34.7. The van der Waals surface area contributed by atoms with Gasteiger partial charge in [0.05, 0.1) is 13.2 Å². The number of rotatable bonds is 36. The summed E-state index contributed by atoms with van der Waals surface area (Å²) in [7, 11) is -4.42. The average molecular weight is 714 g/mol. The molecule has 0 aliphatic heterocycles. The molecule has 0 radical (unpaired) electrons. The van der Waals surface area contributed by atoms with Crippen LogP contribution < -0.4 is 5.32 Å². The number of aliphatic hydroxyl groups excluding tert-OH is 1. The van der Waals surface area contributed by atoms with E-state index in [1.54, 1.807) is 0 Å². The van der Waals surface area contributed by atoms with Crippen molar-refractivity contribution >= 4 is 19.7 Å². The molecule has 0 rings (SSSR count). The van der Waals surface area contributed by atoms with E-state index < -0.39 is 26.5 Å². The van der Waals surface area contributed by atoms with Crippen LogP contribution in [0.15, 0.2) is 36.5 Å². The first-order valence-electron chi connectivity index (χ1n) is 19.5. The number of amides is 1. The van der Waals surface area contributed by atoms with Gasteiger partial charge in [0.15, 0.2) is 0 Å². The Labute approximate surface area is 299 Å². The molecule has 0 bridgehead atoms. The van der Waals surface area contributed by atoms with Crippen molar-refractivity contribution in [2.24, 2.45) is 0 Å². The molecule has 0 heterocycles. The van der Waals surface area contributed by atoms with Gasteiger partial charge in [-0.2, -0.15) is 0 Å². The predicted octanol–water partition coefficient (Wildman–Crippen LogP) is 10.2. The number of allylic oxidation sites excluding steroid dienone is 6. The van der Waals surface area contributed by atoms with E-state index in [1.807, 2.05) is 0 Å². The SMILES string of the molecule is CCC/C=C\C/C=C\CCCCCCCC(=O)NCCOP(=O)(O)OCC(O)COC(=O)CCCCCCC/C=C\CCCCCCCC. The molecule has 0 aromatic carbocycles. The highest BCUT2D eigenvalue weighted by molar-refractivity contribution is 7.47. The highest BCUT2D eigenvalue weighted by atomic mass is 31.2. The number of phosphoric ester groups is 1. The first-order chi connectivity index (χ1) is 23.8. The molecule has 0 aromatic heterocycles. The number of carbonyl (C=O) groups excluding carboxylic acids is 2. The van der Waals surface area contributed by atoms with Gasteiger partial charge >= 0.3 is 13.8 Å². The van der Waals surface area contributed by atoms with Crippen molar-refractivity contribution in [3.8, 4) is 0 Å². The number of unbranched alkanes of at least 4 members (excludes halogenated alkanes) is 17. The summed E-state index contributed by atoms with van der Waals surface area (Å²) in [6.07, 6.45) is 37.8. The first-order valence-corrected chi connectivity index (χ1v) is 21.0. The molecule has 2 unspecified atom stereocenters. The Hall–Kier alpha value is -1.77. The minimum Gasteiger partial charge on any atom is -0.463 e. The Morgan fingerprint density at radius 2 is 1.14 bits per heavy atom. The van der Waals surface area contributed by atoms with Crippen molar-refractivity contribution in [1.29, 1.82) is 0 Å². The van der Waals surface area contributed by atoms with E-state index in [2.05, 4.69) is 55.6 Å². The maximum atomic E-state index is 12.0. The van der Waals surface area contributed by atoms with Gasteiger partial charge in [-0.25, -0.2) is 4.57 Å². The lowest BCUT2D eigenvalue weighted by molar-refractivity contribution is -0.147. The summed E-state index contributed by atoms with van der Waals surface area (Å²) in [4.78, 5) is 33.8. The minimum atomic E-state index is -4.42. The molecule has 10 heteroatoms. The van der Waals surface area contributed by atoms with Crippen LogP contribution in [0.1, 0.15) is 168 Å². The van der Waals surface area contributed by atoms with Gasteiger partial charge < -0.3 is 20.1 Å². The molecule has 1 amide bonds. The third-order valence-electron chi connectivity index (χ3n) is 8.02. The zero-order valence-corrected chi connectivity index (χ0v) is 32.0. The fourth-order valence-corrected chi connectivity index (χ4v) is 5.82. The van der Waals surface area contributed by atoms with Crippen LogP contribution in [0.25, 0.3) is 0 Å². The second-order valence-electron chi connectivity index (χ2n) is 12.9. The Bertz CT molecular complexity index is 907. The zero-order chi connectivity index (χ0) is 36.1. The molecular weight excluding hydrogens is 641 g/mol. The van der Waals surface area contributed by atoms with Crippen molar-refractivity contribution < 1.29 is 37.9 Å². The van der Waals surface area contributed by atoms with Crippen LogP contribution in [-0.4, -0.2) is 54.3 Å². The minimum absolute atomic E-state index is 0.0727. The van der Waals surface area contributed by atoms with Gasteiger partial charge in [-0.15, -0.1) is 0 Å². The Morgan fingerprint density at radius 1 is 0.633 bits per heavy atom. The molecule has 0 aromatic rings. The normalized spacial score (nSPS) is 13.8. The van der Waals surface area contributed by atoms with Crippen LogP contribution in [0.4, 0.5) is 0 Å². The van der Waals surface area contributed by atoms with Crippen molar-refractivity contribution in [3.63, 3.8) is 0 Å². The highest BCUT2D eigenvalue weighted by Crippen LogP contribution is 2.42. The molecule has 3 N–H and O–H groups in total. The number of phosphoric acid groups is 1. The molecule has 0 saturated heterocycles. The lowest BCUT2D eigenvalue weighted by atomic mass is 10.1. The quantitative estimate of drug-likeness (QED) is 0.0253. The van der Waals surface area contributed by atoms with Gasteiger partial charge in [0.2, 0.25) is 5.91 Å². The molecule has 286 valence electrons. The van der Waals surface area contributed by atoms with Crippen molar-refractivity contribution in [3.05, 3.63) is 36.5 Å². The van der Waals surface area contributed by atoms with Crippen molar-refractivity contribution in [2.45, 2.75) is 174 Å². The van der Waals surface area contributed by atoms with Gasteiger partial charge in [0.25, 0.3) is 0 Å². The third kappa shape index (κ3) is 37.3. The van der Waals surface area contributed by atoms with E-state index in [1.165, 1.54) is 51.4 Å². The number of hydrogen-bond donors (Lipinski definition) is 3. The maximum Gasteiger partial charge on any atom is 0.472 e. The smallest absolute Gasteiger partial charge is 0.463 e. The van der Waals surface area contributed by atoms with Crippen LogP contribution in [0, 0.1) is 0 Å². The van der Waals surface area contributed by atoms with Crippen LogP contribution in [0.5, 0.6) is 0 Å². The summed E-state index contributed by atoms with van der Waals surface area (Å²) in [6.45, 7) is 3.44. The standard InChI is InChI=1S/C39H72NO8P/c1-3-5-7-9-11-13-15-17-18-20-22-24-26-28-30-32-39(43)46-35-37(41)36-48-49(44,45)47-34-33-40-38(42)31-29-27-25-23-21-19-16-14-12-10-8-6-4-2/h8,10,14,16-18,37,41H,3-7,9,11-13,15,19-36H2,1-2H3,(H,40,42)(H,44,45)/b10-8-,16-14-,18-17-. The zero-order valence-electron chi connectivity index (χ0n) is 31.1. The van der Waals surface area contributed by atoms with Gasteiger partial charge in [0, 0.05) is 19.4 Å². The van der Waals surface area contributed by atoms with E-state index in [0.29, 0.717) is 6.42 Å². The first kappa shape index (κ1) is 47.2. The van der Waals surface area contributed by atoms with E-state index in [4.69, 9.17) is 13.8 Å². The summed E-state index contributed by atoms with van der Waals surface area (Å²) < 4.78 is 26.8. The predicted molar refractivity (Wildman–Crippen MR) is 201 cm³/mol. The van der Waals surface area contributed by atoms with E-state index >= 15 is 0 Å². The number of hydrogen-bond acceptors (Lipinski definition) is 7. The number of carbonyl (C=O) groups is 2. The molecule has 49 heavy (non-hydrogen) atoms. The van der Waals surface area contributed by atoms with Crippen molar-refractivity contribution in [2.75, 3.05) is 26.4 Å². The number of nitrogens with one attached hydrogen (secondary N) is 1. The molecular formula is C39H72NO8P. The van der Waals surface area contributed by atoms with Crippen molar-refractivity contribution in [1.82, 2.24) is 5.32 Å². The maximum absolute atomic E-state index is 12.0. The Balaban J connectivity index is 3.65. The lowest BCUT2D eigenvalue weighted by Crippen LogP contribution is -2.27. The van der Waals surface area contributed by atoms with Gasteiger partial charge in [-0.05, 0) is 64.2 Å². The molecule has 0 spiro atoms. The summed E-state index contributed by atoms with van der Waals surface area (Å²) in [5.74, 6) is -0.541. The second kappa shape index (κ2) is 36.0. The monoisotopic (exact) mass is 713 g/mol. The van der Waals surface area contributed by atoms with Crippen LogP contribution >= 0.6 is 7.82 Å². The average Bonchev–Trinajstić information content (AvgIpc) is 3.08. The van der Waals surface area contributed by atoms with Gasteiger partial charge in [-0.1, -0.05) is 127 Å². The summed E-state index contributed by atoms with van der Waals surface area (Å²) in [5, 5.41) is 12.6. The van der Waals surface area contributed by atoms with E-state index in [-0.39, 0.29) is 32.1 Å². The van der Waals surface area contributed by atoms with E-state index in [9.17, 15) is 24.2 Å². The summed E-state index contributed by atoms with van der Waals surface area (Å²) >= 11 is 0. The van der Waals surface area contributed by atoms with Gasteiger partial charge in [-0.3, -0.25) is 18.6 Å². The summed E-state index contributed by atoms with van der Waals surface area (Å²) in [5.41, 5.74) is 0. The molecule has 0 saturated carbocycles. The molecule has 0 fully saturated rings. The van der Waals surface area contributed by atoms with Gasteiger partial charge in [0.1, 0.15) is 12.7 Å². The van der Waals surface area contributed by atoms with E-state index in [0.717, 1.165) is 89.9 Å². The molecule has 9 nitrogen and oxygen atoms in total. The Morgan fingerprint density at radius 3 is 1.73 bits per heavy atom. The van der Waals surface area contributed by atoms with Crippen LogP contribution in [-0.2, 0) is 27.9 Å². The van der Waals surface area contributed by atoms with Crippen LogP contribution in [0.2, 0.25) is 0 Å². The second-order valence-corrected chi connectivity index (χ2v) is 14.3. The largest absolute Gasteiger partial charge is 0.472 e. The highest BCUT2D eigenvalue weighted by Gasteiger charge is 2.23. The molecule has 0 aliphatic carbocycles. The lowest BCUT2D eigenvalue weighted by Gasteiger charge is -2.15. The third-order valence-corrected chi connectivity index (χ3v) is 9.01. The van der Waals surface area contributed by atoms with Crippen LogP contribution in [0.3, 0.4) is 0 Å². The fourth-order valence-electron chi connectivity index (χ4n) is 5.06. The summed E-state index contributed by atoms with van der Waals surface area (Å²) in [6, 6.07) is 0. The number of ether oxygens (including phenoxy) is 1. The molecule has 0 aliphatic rings. The molecule has 2 atom stereocenters.